The molecule has 0 fully saturated rings. The maximum Gasteiger partial charge on any atom is 0.251 e. The number of carbonyl (C=O) groups is 1. The van der Waals surface area contributed by atoms with Crippen molar-refractivity contribution < 1.29 is 14.3 Å². The quantitative estimate of drug-likeness (QED) is 0.747. The van der Waals surface area contributed by atoms with Gasteiger partial charge in [0.15, 0.2) is 11.5 Å². The number of methoxy groups -OCH3 is 2. The highest BCUT2D eigenvalue weighted by Gasteiger charge is 2.16. The first-order valence-corrected chi connectivity index (χ1v) is 8.73. The van der Waals surface area contributed by atoms with Gasteiger partial charge < -0.3 is 20.5 Å². The molecule has 0 saturated heterocycles. The third-order valence-corrected chi connectivity index (χ3v) is 4.49. The topological polar surface area (TPSA) is 73.6 Å². The highest BCUT2D eigenvalue weighted by molar-refractivity contribution is 5.96. The number of benzene rings is 2. The number of ether oxygens (including phenoxy) is 2. The summed E-state index contributed by atoms with van der Waals surface area (Å²) in [5.74, 6) is 1.42. The Morgan fingerprint density at radius 2 is 1.56 bits per heavy atom. The van der Waals surface area contributed by atoms with Gasteiger partial charge in [-0.2, -0.15) is 0 Å². The molecule has 1 unspecified atom stereocenters. The minimum absolute atomic E-state index is 0. The van der Waals surface area contributed by atoms with E-state index in [1.807, 2.05) is 19.1 Å². The first-order chi connectivity index (χ1) is 12.4. The summed E-state index contributed by atoms with van der Waals surface area (Å²) in [5, 5.41) is 2.90. The van der Waals surface area contributed by atoms with E-state index in [0.29, 0.717) is 29.5 Å². The normalized spacial score (nSPS) is 11.5. The lowest BCUT2D eigenvalue weighted by Gasteiger charge is -2.16. The fourth-order valence-electron chi connectivity index (χ4n) is 2.77. The van der Waals surface area contributed by atoms with E-state index in [2.05, 4.69) is 31.3 Å². The van der Waals surface area contributed by atoms with Crippen LogP contribution in [0, 0.1) is 6.92 Å². The maximum absolute atomic E-state index is 12.5. The monoisotopic (exact) mass is 392 g/mol. The zero-order chi connectivity index (χ0) is 19.3. The van der Waals surface area contributed by atoms with Gasteiger partial charge in [0.1, 0.15) is 0 Å². The predicted molar refractivity (Wildman–Crippen MR) is 111 cm³/mol. The smallest absolute Gasteiger partial charge is 0.251 e. The summed E-state index contributed by atoms with van der Waals surface area (Å²) in [6.45, 7) is 6.52. The highest BCUT2D eigenvalue weighted by atomic mass is 35.5. The molecule has 0 aliphatic heterocycles. The van der Waals surface area contributed by atoms with Crippen LogP contribution in [0.4, 0.5) is 0 Å². The summed E-state index contributed by atoms with van der Waals surface area (Å²) in [5.41, 5.74) is 9.86. The van der Waals surface area contributed by atoms with E-state index in [0.717, 1.165) is 11.1 Å². The predicted octanol–water partition coefficient (Wildman–Crippen LogP) is 3.99. The summed E-state index contributed by atoms with van der Waals surface area (Å²) in [6.07, 6.45) is 0. The van der Waals surface area contributed by atoms with Crippen LogP contribution in [-0.2, 0) is 0 Å². The van der Waals surface area contributed by atoms with Gasteiger partial charge in [0.2, 0.25) is 0 Å². The molecule has 0 bridgehead atoms. The molecule has 1 amide bonds. The fraction of sp³-hybridized carbons (Fsp3) is 0.381. The Morgan fingerprint density at radius 3 is 2.07 bits per heavy atom. The lowest BCUT2D eigenvalue weighted by molar-refractivity contribution is 0.0950. The van der Waals surface area contributed by atoms with Crippen molar-refractivity contribution in [2.75, 3.05) is 20.8 Å². The van der Waals surface area contributed by atoms with Crippen molar-refractivity contribution in [3.63, 3.8) is 0 Å². The molecule has 1 atom stereocenters. The highest BCUT2D eigenvalue weighted by Crippen LogP contribution is 2.30. The molecule has 5 nitrogen and oxygen atoms in total. The number of aryl methyl sites for hydroxylation is 1. The number of amides is 1. The second kappa shape index (κ2) is 10.2. The molecule has 0 spiro atoms. The third-order valence-electron chi connectivity index (χ3n) is 4.49. The van der Waals surface area contributed by atoms with E-state index in [9.17, 15) is 4.79 Å². The number of hydrogen-bond acceptors (Lipinski definition) is 4. The van der Waals surface area contributed by atoms with E-state index in [4.69, 9.17) is 15.2 Å². The van der Waals surface area contributed by atoms with Gasteiger partial charge in [0.25, 0.3) is 5.91 Å². The van der Waals surface area contributed by atoms with Crippen LogP contribution in [0.3, 0.4) is 0 Å². The van der Waals surface area contributed by atoms with Crippen molar-refractivity contribution in [3.05, 3.63) is 58.7 Å². The summed E-state index contributed by atoms with van der Waals surface area (Å²) in [7, 11) is 3.12. The molecule has 27 heavy (non-hydrogen) atoms. The van der Waals surface area contributed by atoms with Gasteiger partial charge in [-0.05, 0) is 41.7 Å². The van der Waals surface area contributed by atoms with E-state index in [1.165, 1.54) is 5.56 Å². The fourth-order valence-corrected chi connectivity index (χ4v) is 2.77. The lowest BCUT2D eigenvalue weighted by atomic mass is 9.99. The lowest BCUT2D eigenvalue weighted by Crippen LogP contribution is -2.32. The number of rotatable bonds is 7. The SMILES string of the molecule is COc1cc(C)c(C(=O)NCC(N)c2ccc(C(C)C)cc2)cc1OC.Cl. The van der Waals surface area contributed by atoms with E-state index >= 15 is 0 Å². The molecule has 0 aliphatic rings. The van der Waals surface area contributed by atoms with Crippen LogP contribution in [0.5, 0.6) is 11.5 Å². The zero-order valence-electron chi connectivity index (χ0n) is 16.5. The largest absolute Gasteiger partial charge is 0.493 e. The van der Waals surface area contributed by atoms with Crippen molar-refractivity contribution in [1.29, 1.82) is 0 Å². The van der Waals surface area contributed by atoms with Gasteiger partial charge >= 0.3 is 0 Å². The molecular formula is C21H29ClN2O3. The average molecular weight is 393 g/mol. The molecule has 2 rings (SSSR count). The summed E-state index contributed by atoms with van der Waals surface area (Å²) >= 11 is 0. The van der Waals surface area contributed by atoms with Crippen LogP contribution in [0.25, 0.3) is 0 Å². The van der Waals surface area contributed by atoms with E-state index in [-0.39, 0.29) is 24.4 Å². The third kappa shape index (κ3) is 5.62. The number of nitrogens with two attached hydrogens (primary N) is 1. The first-order valence-electron chi connectivity index (χ1n) is 8.73. The Morgan fingerprint density at radius 1 is 1.04 bits per heavy atom. The Labute approximate surface area is 167 Å². The molecule has 2 aromatic carbocycles. The van der Waals surface area contributed by atoms with Crippen molar-refractivity contribution in [1.82, 2.24) is 5.32 Å². The molecule has 0 heterocycles. The second-order valence-electron chi connectivity index (χ2n) is 6.66. The first kappa shape index (κ1) is 22.8. The van der Waals surface area contributed by atoms with Crippen LogP contribution in [0.2, 0.25) is 0 Å². The Bertz CT molecular complexity index is 761. The summed E-state index contributed by atoms with van der Waals surface area (Å²) in [4.78, 5) is 12.5. The standard InChI is InChI=1S/C21H28N2O3.ClH/c1-13(2)15-6-8-16(9-7-15)18(22)12-23-21(24)17-11-20(26-5)19(25-4)10-14(17)3;/h6-11,13,18H,12,22H2,1-5H3,(H,23,24);1H. The van der Waals surface area contributed by atoms with Gasteiger partial charge in [0, 0.05) is 18.2 Å². The van der Waals surface area contributed by atoms with Gasteiger partial charge in [-0.25, -0.2) is 0 Å². The molecule has 2 aromatic rings. The number of nitrogens with one attached hydrogen (secondary N) is 1. The van der Waals surface area contributed by atoms with Crippen molar-refractivity contribution >= 4 is 18.3 Å². The molecule has 0 saturated carbocycles. The van der Waals surface area contributed by atoms with Gasteiger partial charge in [-0.1, -0.05) is 38.1 Å². The molecule has 0 radical (unpaired) electrons. The molecule has 3 N–H and O–H groups in total. The second-order valence-corrected chi connectivity index (χ2v) is 6.66. The summed E-state index contributed by atoms with van der Waals surface area (Å²) < 4.78 is 10.5. The van der Waals surface area contributed by atoms with E-state index in [1.54, 1.807) is 26.4 Å². The van der Waals surface area contributed by atoms with Crippen LogP contribution >= 0.6 is 12.4 Å². The molecule has 0 aromatic heterocycles. The van der Waals surface area contributed by atoms with Crippen LogP contribution in [0.15, 0.2) is 36.4 Å². The molecule has 0 aliphatic carbocycles. The van der Waals surface area contributed by atoms with Gasteiger partial charge in [0.05, 0.1) is 14.2 Å². The molecule has 6 heteroatoms. The molecular weight excluding hydrogens is 364 g/mol. The van der Waals surface area contributed by atoms with Crippen LogP contribution in [-0.4, -0.2) is 26.7 Å². The minimum atomic E-state index is -0.263. The minimum Gasteiger partial charge on any atom is -0.493 e. The number of carbonyl (C=O) groups excluding carboxylic acids is 1. The van der Waals surface area contributed by atoms with Crippen molar-refractivity contribution in [2.24, 2.45) is 5.73 Å². The Kier molecular flexibility index (Phi) is 8.60. The zero-order valence-corrected chi connectivity index (χ0v) is 17.4. The summed E-state index contributed by atoms with van der Waals surface area (Å²) in [6, 6.07) is 11.4. The van der Waals surface area contributed by atoms with Crippen LogP contribution in [0.1, 0.15) is 52.9 Å². The number of hydrogen-bond donors (Lipinski definition) is 2. The Hall–Kier alpha value is -2.24. The van der Waals surface area contributed by atoms with Gasteiger partial charge in [-0.15, -0.1) is 12.4 Å². The average Bonchev–Trinajstić information content (AvgIpc) is 2.65. The number of halogens is 1. The van der Waals surface area contributed by atoms with Crippen molar-refractivity contribution in [3.8, 4) is 11.5 Å². The molecule has 148 valence electrons. The van der Waals surface area contributed by atoms with Crippen molar-refractivity contribution in [2.45, 2.75) is 32.7 Å². The maximum atomic E-state index is 12.5. The van der Waals surface area contributed by atoms with E-state index < -0.39 is 0 Å². The Balaban J connectivity index is 0.00000364. The van der Waals surface area contributed by atoms with Crippen LogP contribution < -0.4 is 20.5 Å². The van der Waals surface area contributed by atoms with Gasteiger partial charge in [-0.3, -0.25) is 4.79 Å².